The summed E-state index contributed by atoms with van der Waals surface area (Å²) in [5.41, 5.74) is 0.140. The Kier molecular flexibility index (Phi) is 6.92. The van der Waals surface area contributed by atoms with Gasteiger partial charge in [-0.05, 0) is 12.1 Å². The van der Waals surface area contributed by atoms with Gasteiger partial charge in [-0.25, -0.2) is 9.97 Å². The molecule has 0 amide bonds. The van der Waals surface area contributed by atoms with E-state index in [4.69, 9.17) is 9.47 Å². The zero-order chi connectivity index (χ0) is 20.0. The van der Waals surface area contributed by atoms with Gasteiger partial charge in [-0.2, -0.15) is 19.6 Å². The van der Waals surface area contributed by atoms with Crippen LogP contribution in [0.25, 0.3) is 11.0 Å². The summed E-state index contributed by atoms with van der Waals surface area (Å²) in [5, 5.41) is 3.57. The molecule has 10 heteroatoms. The molecule has 0 radical (unpaired) electrons. The van der Waals surface area contributed by atoms with Gasteiger partial charge in [0.1, 0.15) is 41.9 Å². The van der Waals surface area contributed by atoms with Gasteiger partial charge in [0.2, 0.25) is 0 Å². The van der Waals surface area contributed by atoms with Crippen LogP contribution in [-0.2, 0) is 30.7 Å². The maximum atomic E-state index is 13.1. The quantitative estimate of drug-likeness (QED) is 0.420. The Morgan fingerprint density at radius 1 is 1.23 bits per heavy atom. The Labute approximate surface area is 191 Å². The number of rotatable bonds is 4. The van der Waals surface area contributed by atoms with Crippen LogP contribution in [0.15, 0.2) is 36.7 Å². The Bertz CT molecular complexity index is 1040. The van der Waals surface area contributed by atoms with Crippen molar-refractivity contribution in [3.8, 4) is 5.75 Å². The van der Waals surface area contributed by atoms with Gasteiger partial charge in [0.15, 0.2) is 0 Å². The molecule has 31 heavy (non-hydrogen) atoms. The number of nitrogens with one attached hydrogen (secondary N) is 2. The number of ether oxygens (including phenoxy) is 2. The third-order valence-corrected chi connectivity index (χ3v) is 5.28. The molecular formula is C21H21F3N4O2Os. The smallest absolute Gasteiger partial charge is 0.490 e. The minimum Gasteiger partial charge on any atom is -0.490 e. The molecule has 1 aliphatic heterocycles. The van der Waals surface area contributed by atoms with E-state index in [9.17, 15) is 13.2 Å². The number of H-pyrrole nitrogens is 1. The minimum absolute atomic E-state index is 0. The summed E-state index contributed by atoms with van der Waals surface area (Å²) >= 11 is 0. The van der Waals surface area contributed by atoms with E-state index >= 15 is 0 Å². The average molecular weight is 609 g/mol. The second-order valence-electron chi connectivity index (χ2n) is 7.16. The summed E-state index contributed by atoms with van der Waals surface area (Å²) in [6.07, 6.45) is 0.572. The summed E-state index contributed by atoms with van der Waals surface area (Å²) in [5.74, 6) is 1.03. The predicted octanol–water partition coefficient (Wildman–Crippen LogP) is 4.72. The third-order valence-electron chi connectivity index (χ3n) is 5.28. The van der Waals surface area contributed by atoms with Crippen LogP contribution in [0, 0.1) is 13.8 Å². The van der Waals surface area contributed by atoms with Crippen molar-refractivity contribution in [2.45, 2.75) is 37.3 Å². The van der Waals surface area contributed by atoms with Crippen LogP contribution in [0.1, 0.15) is 30.1 Å². The molecule has 1 fully saturated rings. The Balaban J connectivity index is 0.00000136. The first kappa shape index (κ1) is 23.5. The monoisotopic (exact) mass is 610 g/mol. The largest absolute Gasteiger partial charge is 2.00 e. The van der Waals surface area contributed by atoms with E-state index in [1.165, 1.54) is 6.33 Å². The van der Waals surface area contributed by atoms with Crippen molar-refractivity contribution in [1.82, 2.24) is 15.0 Å². The SMILES string of the molecule is FC(F)(F)c1cc2c(NC3c4ccccc4OCC3OC3[CH-]CC3)ncnc2[nH]1.[CH3-].[Os+2]. The number of benzene rings is 1. The van der Waals surface area contributed by atoms with Crippen molar-refractivity contribution < 1.29 is 42.4 Å². The zero-order valence-corrected chi connectivity index (χ0v) is 19.1. The molecule has 1 aromatic carbocycles. The number of aromatic nitrogens is 3. The number of anilines is 1. The first-order valence-corrected chi connectivity index (χ1v) is 9.37. The molecular weight excluding hydrogens is 587 g/mol. The Morgan fingerprint density at radius 2 is 2.00 bits per heavy atom. The van der Waals surface area contributed by atoms with E-state index in [-0.39, 0.29) is 56.5 Å². The average Bonchev–Trinajstić information content (AvgIpc) is 3.12. The van der Waals surface area contributed by atoms with Crippen LogP contribution in [0.5, 0.6) is 5.75 Å². The van der Waals surface area contributed by atoms with Gasteiger partial charge in [0.05, 0.1) is 11.4 Å². The van der Waals surface area contributed by atoms with Gasteiger partial charge in [-0.15, -0.1) is 0 Å². The molecule has 0 spiro atoms. The molecule has 6 nitrogen and oxygen atoms in total. The molecule has 3 unspecified atom stereocenters. The molecule has 2 N–H and O–H groups in total. The number of halogens is 3. The van der Waals surface area contributed by atoms with E-state index in [2.05, 4.69) is 26.7 Å². The fourth-order valence-electron chi connectivity index (χ4n) is 3.63. The van der Waals surface area contributed by atoms with Crippen LogP contribution in [0.2, 0.25) is 0 Å². The maximum absolute atomic E-state index is 13.1. The van der Waals surface area contributed by atoms with Crippen molar-refractivity contribution in [2.75, 3.05) is 11.9 Å². The molecule has 0 saturated heterocycles. The zero-order valence-electron chi connectivity index (χ0n) is 16.6. The number of fused-ring (bicyclic) bond motifs is 2. The Hall–Kier alpha value is -2.17. The number of para-hydroxylation sites is 1. The van der Waals surface area contributed by atoms with E-state index < -0.39 is 11.9 Å². The topological polar surface area (TPSA) is 72.1 Å². The van der Waals surface area contributed by atoms with Crippen molar-refractivity contribution in [2.24, 2.45) is 0 Å². The van der Waals surface area contributed by atoms with Crippen LogP contribution in [0.3, 0.4) is 0 Å². The maximum Gasteiger partial charge on any atom is 2.00 e. The van der Waals surface area contributed by atoms with E-state index in [1.807, 2.05) is 24.3 Å². The summed E-state index contributed by atoms with van der Waals surface area (Å²) in [6, 6.07) is 8.26. The van der Waals surface area contributed by atoms with E-state index in [0.29, 0.717) is 12.4 Å². The van der Waals surface area contributed by atoms with Crippen molar-refractivity contribution >= 4 is 16.9 Å². The fraction of sp³-hybridized carbons (Fsp3) is 0.333. The first-order chi connectivity index (χ1) is 14.0. The van der Waals surface area contributed by atoms with Gasteiger partial charge in [-0.1, -0.05) is 30.7 Å². The summed E-state index contributed by atoms with van der Waals surface area (Å²) in [6.45, 7) is 0.341. The molecule has 166 valence electrons. The van der Waals surface area contributed by atoms with Gasteiger partial charge >= 0.3 is 26.0 Å². The molecule has 0 bridgehead atoms. The summed E-state index contributed by atoms with van der Waals surface area (Å²) < 4.78 is 51.4. The Morgan fingerprint density at radius 3 is 2.71 bits per heavy atom. The molecule has 3 atom stereocenters. The van der Waals surface area contributed by atoms with Gasteiger partial charge < -0.3 is 33.6 Å². The first-order valence-electron chi connectivity index (χ1n) is 9.37. The second-order valence-corrected chi connectivity index (χ2v) is 7.16. The molecule has 2 aliphatic rings. The van der Waals surface area contributed by atoms with E-state index in [1.54, 1.807) is 0 Å². The molecule has 2 aromatic heterocycles. The predicted molar refractivity (Wildman–Crippen MR) is 106 cm³/mol. The van der Waals surface area contributed by atoms with E-state index in [0.717, 1.165) is 30.2 Å². The molecule has 1 saturated carbocycles. The molecule has 5 rings (SSSR count). The van der Waals surface area contributed by atoms with Gasteiger partial charge in [0, 0.05) is 5.56 Å². The van der Waals surface area contributed by atoms with Crippen LogP contribution >= 0.6 is 0 Å². The molecule has 1 aliphatic carbocycles. The van der Waals surface area contributed by atoms with Crippen molar-refractivity contribution in [1.29, 1.82) is 0 Å². The number of hydrogen-bond donors (Lipinski definition) is 2. The van der Waals surface area contributed by atoms with Crippen LogP contribution in [-0.4, -0.2) is 33.8 Å². The molecule has 3 heterocycles. The number of hydrogen-bond acceptors (Lipinski definition) is 5. The van der Waals surface area contributed by atoms with Crippen LogP contribution < -0.4 is 10.1 Å². The minimum atomic E-state index is -4.49. The number of aromatic amines is 1. The third kappa shape index (κ3) is 4.56. The fourth-order valence-corrected chi connectivity index (χ4v) is 3.63. The molecule has 3 aromatic rings. The van der Waals surface area contributed by atoms with Crippen molar-refractivity contribution in [3.63, 3.8) is 0 Å². The standard InChI is InChI=1S/C20H18F3N4O2.CH3.Os/c21-20(22,23)16-8-13-18(26-16)24-10-25-19(13)27-17-12-6-1-2-7-14(12)28-9-15(17)29-11-4-3-5-11;;/h1-2,4,6-8,10-11,15,17H,3,5,9H2,(H2,24,25,26,27);1H3;/q2*-1;+2. The van der Waals surface area contributed by atoms with Crippen molar-refractivity contribution in [3.05, 3.63) is 61.8 Å². The van der Waals surface area contributed by atoms with Gasteiger partial charge in [0.25, 0.3) is 0 Å². The van der Waals surface area contributed by atoms with Crippen LogP contribution in [0.4, 0.5) is 19.0 Å². The number of nitrogens with zero attached hydrogens (tertiary/aromatic N) is 2. The normalized spacial score (nSPS) is 22.4. The summed E-state index contributed by atoms with van der Waals surface area (Å²) in [7, 11) is 0. The summed E-state index contributed by atoms with van der Waals surface area (Å²) in [4.78, 5) is 10.5. The number of alkyl halides is 3. The van der Waals surface area contributed by atoms with Gasteiger partial charge in [-0.3, -0.25) is 0 Å². The second kappa shape index (κ2) is 9.13.